The molecule has 2 saturated heterocycles. The molecule has 5 rings (SSSR count). The van der Waals surface area contributed by atoms with Gasteiger partial charge in [-0.15, -0.1) is 0 Å². The molecule has 2 aromatic rings. The maximum absolute atomic E-state index is 13.4. The van der Waals surface area contributed by atoms with Gasteiger partial charge in [0.2, 0.25) is 5.91 Å². The number of hydrogen-bond donors (Lipinski definition) is 1. The van der Waals surface area contributed by atoms with Crippen molar-refractivity contribution in [3.63, 3.8) is 0 Å². The first-order chi connectivity index (χ1) is 18.4. The summed E-state index contributed by atoms with van der Waals surface area (Å²) in [6.45, 7) is 7.05. The largest absolute Gasteiger partial charge is 0.444 e. The van der Waals surface area contributed by atoms with Crippen molar-refractivity contribution in [1.29, 1.82) is 5.26 Å². The number of nitrogens with one attached hydrogen (secondary N) is 1. The fourth-order valence-electron chi connectivity index (χ4n) is 5.54. The minimum atomic E-state index is -3.25. The number of rotatable bonds is 7. The Morgan fingerprint density at radius 1 is 1.03 bits per heavy atom. The number of nitrogens with zero attached hydrogens (tertiary/aromatic N) is 2. The first kappa shape index (κ1) is 28.6. The SMILES string of the molecule is CCS(=O)(=O)c1ccc(-c2ccc(CC(C#N)NC(=O)C3C4CCC(CC4)N3C(=O)OC(C)(C)C)cc2)cc1. The summed E-state index contributed by atoms with van der Waals surface area (Å²) in [5, 5.41) is 12.7. The van der Waals surface area contributed by atoms with Crippen LogP contribution in [0.15, 0.2) is 53.4 Å². The summed E-state index contributed by atoms with van der Waals surface area (Å²) >= 11 is 0. The molecule has 2 heterocycles. The highest BCUT2D eigenvalue weighted by Gasteiger charge is 2.49. The molecule has 2 aromatic carbocycles. The van der Waals surface area contributed by atoms with Crippen molar-refractivity contribution in [2.45, 2.75) is 88.4 Å². The Hall–Kier alpha value is -3.38. The zero-order valence-electron chi connectivity index (χ0n) is 23.0. The van der Waals surface area contributed by atoms with E-state index in [0.717, 1.165) is 42.4 Å². The topological polar surface area (TPSA) is 117 Å². The van der Waals surface area contributed by atoms with Gasteiger partial charge in [0.15, 0.2) is 9.84 Å². The molecule has 0 spiro atoms. The number of sulfone groups is 1. The summed E-state index contributed by atoms with van der Waals surface area (Å²) in [5.41, 5.74) is 2.02. The Labute approximate surface area is 231 Å². The van der Waals surface area contributed by atoms with E-state index < -0.39 is 33.6 Å². The van der Waals surface area contributed by atoms with Crippen LogP contribution < -0.4 is 5.32 Å². The lowest BCUT2D eigenvalue weighted by Gasteiger charge is -2.50. The first-order valence-corrected chi connectivity index (χ1v) is 15.2. The van der Waals surface area contributed by atoms with Gasteiger partial charge in [-0.05, 0) is 81.2 Å². The van der Waals surface area contributed by atoms with Gasteiger partial charge in [-0.2, -0.15) is 5.26 Å². The normalized spacial score (nSPS) is 21.6. The lowest BCUT2D eigenvalue weighted by atomic mass is 9.74. The van der Waals surface area contributed by atoms with E-state index in [1.165, 1.54) is 0 Å². The number of carbonyl (C=O) groups is 2. The van der Waals surface area contributed by atoms with Crippen LogP contribution in [0.25, 0.3) is 11.1 Å². The molecule has 0 aromatic heterocycles. The summed E-state index contributed by atoms with van der Waals surface area (Å²) < 4.78 is 29.8. The molecular weight excluding hydrogens is 514 g/mol. The number of nitriles is 1. The van der Waals surface area contributed by atoms with Crippen molar-refractivity contribution >= 4 is 21.8 Å². The van der Waals surface area contributed by atoms with Crippen LogP contribution in [0.3, 0.4) is 0 Å². The number of hydrogen-bond acceptors (Lipinski definition) is 6. The number of fused-ring (bicyclic) bond motifs is 3. The summed E-state index contributed by atoms with van der Waals surface area (Å²) in [6.07, 6.45) is 3.33. The van der Waals surface area contributed by atoms with Gasteiger partial charge in [0.25, 0.3) is 0 Å². The molecule has 1 aliphatic carbocycles. The number of benzene rings is 2. The lowest BCUT2D eigenvalue weighted by molar-refractivity contribution is -0.135. The van der Waals surface area contributed by atoms with E-state index in [0.29, 0.717) is 11.3 Å². The minimum absolute atomic E-state index is 0.0233. The van der Waals surface area contributed by atoms with E-state index in [2.05, 4.69) is 11.4 Å². The molecule has 0 radical (unpaired) electrons. The third kappa shape index (κ3) is 6.62. The molecule has 1 saturated carbocycles. The lowest BCUT2D eigenvalue weighted by Crippen LogP contribution is -2.64. The fourth-order valence-corrected chi connectivity index (χ4v) is 6.43. The van der Waals surface area contributed by atoms with Crippen molar-refractivity contribution in [2.75, 3.05) is 5.75 Å². The average Bonchev–Trinajstić information content (AvgIpc) is 2.92. The van der Waals surface area contributed by atoms with Gasteiger partial charge in [-0.3, -0.25) is 9.69 Å². The van der Waals surface area contributed by atoms with E-state index in [9.17, 15) is 23.3 Å². The van der Waals surface area contributed by atoms with Crippen LogP contribution in [0, 0.1) is 17.2 Å². The van der Waals surface area contributed by atoms with E-state index in [1.54, 1.807) is 36.1 Å². The molecule has 2 aliphatic heterocycles. The molecule has 39 heavy (non-hydrogen) atoms. The van der Waals surface area contributed by atoms with Crippen LogP contribution in [0.5, 0.6) is 0 Å². The molecule has 9 heteroatoms. The molecule has 2 atom stereocenters. The predicted molar refractivity (Wildman–Crippen MR) is 148 cm³/mol. The van der Waals surface area contributed by atoms with Crippen LogP contribution in [0.1, 0.15) is 58.9 Å². The Bertz CT molecular complexity index is 1330. The molecule has 8 nitrogen and oxygen atoms in total. The van der Waals surface area contributed by atoms with Crippen molar-refractivity contribution in [2.24, 2.45) is 5.92 Å². The first-order valence-electron chi connectivity index (χ1n) is 13.6. The maximum Gasteiger partial charge on any atom is 0.411 e. The molecule has 2 bridgehead atoms. The Balaban J connectivity index is 1.43. The monoisotopic (exact) mass is 551 g/mol. The summed E-state index contributed by atoms with van der Waals surface area (Å²) in [6, 6.07) is 15.2. The van der Waals surface area contributed by atoms with Crippen LogP contribution >= 0.6 is 0 Å². The molecule has 1 N–H and O–H groups in total. The van der Waals surface area contributed by atoms with Crippen molar-refractivity contribution in [3.05, 3.63) is 54.1 Å². The molecular formula is C30H37N3O5S. The fraction of sp³-hybridized carbons (Fsp3) is 0.500. The summed E-state index contributed by atoms with van der Waals surface area (Å²) in [5.74, 6) is -0.195. The van der Waals surface area contributed by atoms with Crippen molar-refractivity contribution in [1.82, 2.24) is 10.2 Å². The zero-order valence-corrected chi connectivity index (χ0v) is 23.8. The second-order valence-electron chi connectivity index (χ2n) is 11.4. The number of ether oxygens (including phenoxy) is 1. The number of carbonyl (C=O) groups excluding carboxylic acids is 2. The highest BCUT2D eigenvalue weighted by molar-refractivity contribution is 7.91. The van der Waals surface area contributed by atoms with Gasteiger partial charge in [0.1, 0.15) is 17.7 Å². The van der Waals surface area contributed by atoms with E-state index in [-0.39, 0.29) is 23.6 Å². The second-order valence-corrected chi connectivity index (χ2v) is 13.7. The van der Waals surface area contributed by atoms with Gasteiger partial charge in [0.05, 0.1) is 16.7 Å². The van der Waals surface area contributed by atoms with Crippen LogP contribution in [-0.4, -0.2) is 54.8 Å². The van der Waals surface area contributed by atoms with Gasteiger partial charge >= 0.3 is 6.09 Å². The van der Waals surface area contributed by atoms with Gasteiger partial charge in [-0.1, -0.05) is 43.3 Å². The van der Waals surface area contributed by atoms with Crippen molar-refractivity contribution < 1.29 is 22.7 Å². The summed E-state index contributed by atoms with van der Waals surface area (Å²) in [7, 11) is -3.25. The van der Waals surface area contributed by atoms with Gasteiger partial charge in [0, 0.05) is 12.5 Å². The maximum atomic E-state index is 13.4. The second kappa shape index (κ2) is 11.4. The average molecular weight is 552 g/mol. The van der Waals surface area contributed by atoms with Crippen LogP contribution in [-0.2, 0) is 25.8 Å². The Morgan fingerprint density at radius 3 is 2.10 bits per heavy atom. The summed E-state index contributed by atoms with van der Waals surface area (Å²) in [4.78, 5) is 28.4. The van der Waals surface area contributed by atoms with Crippen LogP contribution in [0.2, 0.25) is 0 Å². The third-order valence-electron chi connectivity index (χ3n) is 7.55. The smallest absolute Gasteiger partial charge is 0.411 e. The number of amides is 2. The quantitative estimate of drug-likeness (QED) is 0.524. The molecule has 3 fully saturated rings. The zero-order chi connectivity index (χ0) is 28.4. The minimum Gasteiger partial charge on any atom is -0.444 e. The third-order valence-corrected chi connectivity index (χ3v) is 9.30. The predicted octanol–water partition coefficient (Wildman–Crippen LogP) is 4.88. The number of piperidine rings is 2. The Morgan fingerprint density at radius 2 is 1.59 bits per heavy atom. The van der Waals surface area contributed by atoms with Gasteiger partial charge < -0.3 is 10.1 Å². The molecule has 2 amide bonds. The molecule has 208 valence electrons. The highest BCUT2D eigenvalue weighted by Crippen LogP contribution is 2.40. The van der Waals surface area contributed by atoms with E-state index in [1.807, 2.05) is 45.0 Å². The van der Waals surface area contributed by atoms with E-state index in [4.69, 9.17) is 4.74 Å². The standard InChI is InChI=1S/C30H37N3O5S/c1-5-39(36,37)26-16-12-22(13-17-26)21-8-6-20(7-9-21)18-24(19-31)32-28(34)27-23-10-14-25(15-11-23)33(27)29(35)38-30(2,3)4/h6-9,12-13,16-17,23-25,27H,5,10-11,14-15,18H2,1-4H3,(H,32,34). The van der Waals surface area contributed by atoms with Crippen LogP contribution in [0.4, 0.5) is 4.79 Å². The van der Waals surface area contributed by atoms with E-state index >= 15 is 0 Å². The highest BCUT2D eigenvalue weighted by atomic mass is 32.2. The van der Waals surface area contributed by atoms with Gasteiger partial charge in [-0.25, -0.2) is 13.2 Å². The molecule has 2 unspecified atom stereocenters. The van der Waals surface area contributed by atoms with Crippen molar-refractivity contribution in [3.8, 4) is 17.2 Å². The molecule has 3 aliphatic rings. The Kier molecular flexibility index (Phi) is 8.36.